The first-order valence-corrected chi connectivity index (χ1v) is 8.61. The number of halogens is 1. The fourth-order valence-electron chi connectivity index (χ4n) is 4.45. The standard InChI is InChI=1S/C20H17ClN2O/c1-11-3-5-14-16(9-11)20(2)18-13(7-8-23(20)19(14)24)15-10-12(21)4-6-17(15)22-18/h3-6,9-10,22H,7-8H2,1-2H3. The number of aryl methyl sites for hydroxylation is 1. The number of aromatic amines is 1. The predicted molar refractivity (Wildman–Crippen MR) is 95.7 cm³/mol. The van der Waals surface area contributed by atoms with E-state index in [1.807, 2.05) is 35.2 Å². The molecule has 0 saturated carbocycles. The van der Waals surface area contributed by atoms with Crippen LogP contribution < -0.4 is 0 Å². The second-order valence-electron chi connectivity index (χ2n) is 7.00. The van der Waals surface area contributed by atoms with Crippen LogP contribution in [-0.4, -0.2) is 22.3 Å². The highest BCUT2D eigenvalue weighted by molar-refractivity contribution is 6.31. The summed E-state index contributed by atoms with van der Waals surface area (Å²) in [5.74, 6) is 0.134. The molecule has 0 spiro atoms. The van der Waals surface area contributed by atoms with E-state index in [1.165, 1.54) is 16.5 Å². The van der Waals surface area contributed by atoms with Crippen molar-refractivity contribution in [2.45, 2.75) is 25.8 Å². The van der Waals surface area contributed by atoms with Crippen molar-refractivity contribution in [2.24, 2.45) is 0 Å². The Kier molecular flexibility index (Phi) is 2.60. The van der Waals surface area contributed by atoms with Gasteiger partial charge in [-0.05, 0) is 55.7 Å². The van der Waals surface area contributed by atoms with Gasteiger partial charge in [-0.15, -0.1) is 0 Å². The van der Waals surface area contributed by atoms with Gasteiger partial charge in [-0.2, -0.15) is 0 Å². The molecule has 2 aromatic carbocycles. The van der Waals surface area contributed by atoms with E-state index in [0.717, 1.165) is 40.3 Å². The maximum absolute atomic E-state index is 12.9. The van der Waals surface area contributed by atoms with Crippen molar-refractivity contribution in [3.63, 3.8) is 0 Å². The highest BCUT2D eigenvalue weighted by atomic mass is 35.5. The van der Waals surface area contributed by atoms with Crippen LogP contribution in [0.15, 0.2) is 36.4 Å². The molecule has 0 aliphatic carbocycles. The Labute approximate surface area is 145 Å². The quantitative estimate of drug-likeness (QED) is 0.648. The van der Waals surface area contributed by atoms with E-state index in [4.69, 9.17) is 11.6 Å². The molecule has 1 unspecified atom stereocenters. The third-order valence-corrected chi connectivity index (χ3v) is 5.89. The number of nitrogens with one attached hydrogen (secondary N) is 1. The van der Waals surface area contributed by atoms with Crippen LogP contribution >= 0.6 is 11.6 Å². The van der Waals surface area contributed by atoms with Gasteiger partial charge in [0, 0.05) is 33.7 Å². The summed E-state index contributed by atoms with van der Waals surface area (Å²) in [7, 11) is 0. The molecular formula is C20H17ClN2O. The average molecular weight is 337 g/mol. The van der Waals surface area contributed by atoms with Gasteiger partial charge in [-0.1, -0.05) is 29.3 Å². The van der Waals surface area contributed by atoms with Gasteiger partial charge < -0.3 is 9.88 Å². The number of hydrogen-bond acceptors (Lipinski definition) is 1. The van der Waals surface area contributed by atoms with Crippen LogP contribution in [0.2, 0.25) is 5.02 Å². The van der Waals surface area contributed by atoms with Crippen LogP contribution in [0.5, 0.6) is 0 Å². The fourth-order valence-corrected chi connectivity index (χ4v) is 4.63. The number of H-pyrrole nitrogens is 1. The molecule has 1 amide bonds. The zero-order valence-electron chi connectivity index (χ0n) is 13.6. The summed E-state index contributed by atoms with van der Waals surface area (Å²) in [6.07, 6.45) is 0.851. The lowest BCUT2D eigenvalue weighted by Gasteiger charge is -2.40. The van der Waals surface area contributed by atoms with Gasteiger partial charge in [0.1, 0.15) is 5.54 Å². The molecule has 5 rings (SSSR count). The predicted octanol–water partition coefficient (Wildman–Crippen LogP) is 4.41. The normalized spacial score (nSPS) is 21.8. The third kappa shape index (κ3) is 1.56. The molecule has 120 valence electrons. The Morgan fingerprint density at radius 2 is 2.04 bits per heavy atom. The van der Waals surface area contributed by atoms with Gasteiger partial charge in [-0.3, -0.25) is 4.79 Å². The van der Waals surface area contributed by atoms with Gasteiger partial charge >= 0.3 is 0 Å². The van der Waals surface area contributed by atoms with Crippen molar-refractivity contribution in [1.29, 1.82) is 0 Å². The van der Waals surface area contributed by atoms with Crippen molar-refractivity contribution in [3.05, 3.63) is 69.4 Å². The minimum atomic E-state index is -0.433. The first-order chi connectivity index (χ1) is 11.5. The molecule has 1 aromatic heterocycles. The zero-order chi connectivity index (χ0) is 16.6. The number of benzene rings is 2. The number of nitrogens with zero attached hydrogens (tertiary/aromatic N) is 1. The molecule has 2 aliphatic heterocycles. The maximum atomic E-state index is 12.9. The number of rotatable bonds is 0. The van der Waals surface area contributed by atoms with E-state index >= 15 is 0 Å². The minimum Gasteiger partial charge on any atom is -0.356 e. The Morgan fingerprint density at radius 3 is 2.88 bits per heavy atom. The fraction of sp³-hybridized carbons (Fsp3) is 0.250. The molecule has 4 heteroatoms. The van der Waals surface area contributed by atoms with Crippen molar-refractivity contribution < 1.29 is 4.79 Å². The molecule has 2 aliphatic rings. The van der Waals surface area contributed by atoms with Crippen LogP contribution in [0.4, 0.5) is 0 Å². The van der Waals surface area contributed by atoms with Crippen LogP contribution in [0.25, 0.3) is 10.9 Å². The first-order valence-electron chi connectivity index (χ1n) is 8.24. The minimum absolute atomic E-state index is 0.134. The van der Waals surface area contributed by atoms with Crippen molar-refractivity contribution in [2.75, 3.05) is 6.54 Å². The summed E-state index contributed by atoms with van der Waals surface area (Å²) in [6, 6.07) is 12.1. The average Bonchev–Trinajstić information content (AvgIpc) is 3.03. The Balaban J connectivity index is 1.86. The molecular weight excluding hydrogens is 320 g/mol. The number of amides is 1. The van der Waals surface area contributed by atoms with Crippen LogP contribution in [0, 0.1) is 6.92 Å². The Morgan fingerprint density at radius 1 is 1.21 bits per heavy atom. The smallest absolute Gasteiger partial charge is 0.255 e. The van der Waals surface area contributed by atoms with Crippen LogP contribution in [-0.2, 0) is 12.0 Å². The Hall–Kier alpha value is -2.26. The highest BCUT2D eigenvalue weighted by Gasteiger charge is 2.51. The maximum Gasteiger partial charge on any atom is 0.255 e. The SMILES string of the molecule is Cc1ccc2c(c1)C1(C)c3[nH]c4ccc(Cl)cc4c3CCN1C2=O. The number of aromatic nitrogens is 1. The molecule has 1 N–H and O–H groups in total. The molecule has 3 nitrogen and oxygen atoms in total. The van der Waals surface area contributed by atoms with Gasteiger partial charge in [-0.25, -0.2) is 0 Å². The van der Waals surface area contributed by atoms with Gasteiger partial charge in [0.25, 0.3) is 5.91 Å². The monoisotopic (exact) mass is 336 g/mol. The molecule has 3 heterocycles. The van der Waals surface area contributed by atoms with Crippen molar-refractivity contribution >= 4 is 28.4 Å². The van der Waals surface area contributed by atoms with Crippen LogP contribution in [0.3, 0.4) is 0 Å². The molecule has 0 fully saturated rings. The number of fused-ring (bicyclic) bond motifs is 7. The summed E-state index contributed by atoms with van der Waals surface area (Å²) < 4.78 is 0. The molecule has 0 bridgehead atoms. The molecule has 24 heavy (non-hydrogen) atoms. The van der Waals surface area contributed by atoms with E-state index in [9.17, 15) is 4.79 Å². The van der Waals surface area contributed by atoms with E-state index < -0.39 is 5.54 Å². The Bertz CT molecular complexity index is 1040. The summed E-state index contributed by atoms with van der Waals surface area (Å²) in [6.45, 7) is 4.96. The summed E-state index contributed by atoms with van der Waals surface area (Å²) in [4.78, 5) is 18.5. The van der Waals surface area contributed by atoms with E-state index in [1.54, 1.807) is 0 Å². The van der Waals surface area contributed by atoms with E-state index in [-0.39, 0.29) is 5.91 Å². The van der Waals surface area contributed by atoms with Crippen molar-refractivity contribution in [1.82, 2.24) is 9.88 Å². The topological polar surface area (TPSA) is 36.1 Å². The number of hydrogen-bond donors (Lipinski definition) is 1. The molecule has 3 aromatic rings. The molecule has 0 radical (unpaired) electrons. The second kappa shape index (κ2) is 4.42. The number of carbonyl (C=O) groups excluding carboxylic acids is 1. The summed E-state index contributed by atoms with van der Waals surface area (Å²) in [5.41, 5.74) is 6.17. The lowest BCUT2D eigenvalue weighted by molar-refractivity contribution is 0.0626. The number of carbonyl (C=O) groups is 1. The second-order valence-corrected chi connectivity index (χ2v) is 7.43. The summed E-state index contributed by atoms with van der Waals surface area (Å²) in [5, 5.41) is 1.92. The first kappa shape index (κ1) is 14.1. The third-order valence-electron chi connectivity index (χ3n) is 5.66. The summed E-state index contributed by atoms with van der Waals surface area (Å²) >= 11 is 6.21. The van der Waals surface area contributed by atoms with Crippen LogP contribution in [0.1, 0.15) is 39.7 Å². The highest BCUT2D eigenvalue weighted by Crippen LogP contribution is 2.49. The lowest BCUT2D eigenvalue weighted by atomic mass is 9.82. The van der Waals surface area contributed by atoms with Gasteiger partial charge in [0.2, 0.25) is 0 Å². The molecule has 0 saturated heterocycles. The van der Waals surface area contributed by atoms with E-state index in [0.29, 0.717) is 0 Å². The zero-order valence-corrected chi connectivity index (χ0v) is 14.4. The van der Waals surface area contributed by atoms with E-state index in [2.05, 4.69) is 24.9 Å². The van der Waals surface area contributed by atoms with Gasteiger partial charge in [0.05, 0.1) is 0 Å². The van der Waals surface area contributed by atoms with Crippen molar-refractivity contribution in [3.8, 4) is 0 Å². The molecule has 1 atom stereocenters. The largest absolute Gasteiger partial charge is 0.356 e. The lowest BCUT2D eigenvalue weighted by Crippen LogP contribution is -2.47. The van der Waals surface area contributed by atoms with Gasteiger partial charge in [0.15, 0.2) is 0 Å².